The molecule has 2 aliphatic heterocycles. The predicted octanol–water partition coefficient (Wildman–Crippen LogP) is 7.88. The fourth-order valence-corrected chi connectivity index (χ4v) is 4.83. The molecule has 5 aromatic carbocycles. The molecule has 0 aliphatic carbocycles. The monoisotopic (exact) mass is 626 g/mol. The third-order valence-corrected chi connectivity index (χ3v) is 7.34. The average molecular weight is 627 g/mol. The van der Waals surface area contributed by atoms with Crippen LogP contribution in [-0.4, -0.2) is 36.2 Å². The summed E-state index contributed by atoms with van der Waals surface area (Å²) in [5.41, 5.74) is 7.02. The molecule has 0 spiro atoms. The SMILES string of the molecule is O=C1OC(c2ccc(N=Cc3ccc(C=Nc4ccc(C5=N/C(=C\c6ccccc6)C(=O)O5)cc4)cc3)cc2)=N/C1=C\c1ccccc1. The number of carbonyl (C=O) groups excluding carboxylic acids is 2. The smallest absolute Gasteiger partial charge is 0.363 e. The van der Waals surface area contributed by atoms with Crippen LogP contribution >= 0.6 is 0 Å². The van der Waals surface area contributed by atoms with E-state index in [1.54, 1.807) is 24.6 Å². The third-order valence-electron chi connectivity index (χ3n) is 7.34. The summed E-state index contributed by atoms with van der Waals surface area (Å²) in [6, 6.07) is 41.5. The van der Waals surface area contributed by atoms with Crippen molar-refractivity contribution in [3.05, 3.63) is 178 Å². The van der Waals surface area contributed by atoms with Gasteiger partial charge in [-0.2, -0.15) is 0 Å². The van der Waals surface area contributed by atoms with Crippen molar-refractivity contribution < 1.29 is 19.1 Å². The number of carbonyl (C=O) groups is 2. The Morgan fingerprint density at radius 2 is 0.812 bits per heavy atom. The molecule has 7 rings (SSSR count). The number of hydrogen-bond donors (Lipinski definition) is 0. The number of rotatable bonds is 8. The van der Waals surface area contributed by atoms with E-state index in [1.165, 1.54) is 0 Å². The number of nitrogens with zero attached hydrogens (tertiary/aromatic N) is 4. The highest BCUT2D eigenvalue weighted by molar-refractivity contribution is 6.13. The quantitative estimate of drug-likeness (QED) is 0.0993. The Hall–Kier alpha value is -6.80. The molecule has 5 aromatic rings. The molecule has 0 aromatic heterocycles. The molecule has 230 valence electrons. The summed E-state index contributed by atoms with van der Waals surface area (Å²) in [5, 5.41) is 0. The van der Waals surface area contributed by atoms with Gasteiger partial charge in [-0.3, -0.25) is 9.98 Å². The molecule has 0 fully saturated rings. The van der Waals surface area contributed by atoms with E-state index in [9.17, 15) is 9.59 Å². The molecule has 0 unspecified atom stereocenters. The van der Waals surface area contributed by atoms with E-state index >= 15 is 0 Å². The van der Waals surface area contributed by atoms with E-state index in [0.717, 1.165) is 33.6 Å². The summed E-state index contributed by atoms with van der Waals surface area (Å²) in [5.74, 6) is -0.412. The first-order chi connectivity index (χ1) is 23.6. The Labute approximate surface area is 276 Å². The maximum Gasteiger partial charge on any atom is 0.363 e. The zero-order valence-corrected chi connectivity index (χ0v) is 25.4. The van der Waals surface area contributed by atoms with Crippen molar-refractivity contribution >= 4 is 59.7 Å². The topological polar surface area (TPSA) is 102 Å². The first-order valence-electron chi connectivity index (χ1n) is 15.1. The van der Waals surface area contributed by atoms with Gasteiger partial charge in [-0.05, 0) is 82.9 Å². The molecule has 0 saturated heterocycles. The second kappa shape index (κ2) is 13.7. The Kier molecular flexibility index (Phi) is 8.52. The average Bonchev–Trinajstić information content (AvgIpc) is 3.69. The maximum atomic E-state index is 12.3. The Morgan fingerprint density at radius 1 is 0.438 bits per heavy atom. The van der Waals surface area contributed by atoms with Gasteiger partial charge in [0.05, 0.1) is 11.4 Å². The van der Waals surface area contributed by atoms with Gasteiger partial charge in [-0.15, -0.1) is 0 Å². The molecule has 48 heavy (non-hydrogen) atoms. The first kappa shape index (κ1) is 29.9. The van der Waals surface area contributed by atoms with Gasteiger partial charge in [-0.25, -0.2) is 19.6 Å². The first-order valence-corrected chi connectivity index (χ1v) is 15.1. The van der Waals surface area contributed by atoms with Gasteiger partial charge in [0.15, 0.2) is 11.4 Å². The highest BCUT2D eigenvalue weighted by atomic mass is 16.6. The highest BCUT2D eigenvalue weighted by Gasteiger charge is 2.25. The molecule has 0 saturated carbocycles. The molecule has 0 bridgehead atoms. The van der Waals surface area contributed by atoms with E-state index in [1.807, 2.05) is 133 Å². The third kappa shape index (κ3) is 7.19. The van der Waals surface area contributed by atoms with Crippen molar-refractivity contribution in [2.24, 2.45) is 20.0 Å². The van der Waals surface area contributed by atoms with Crippen LogP contribution < -0.4 is 0 Å². The molecule has 0 N–H and O–H groups in total. The lowest BCUT2D eigenvalue weighted by Crippen LogP contribution is -2.05. The number of aliphatic imine (C=N–C) groups is 4. The van der Waals surface area contributed by atoms with Crippen molar-refractivity contribution in [2.75, 3.05) is 0 Å². The van der Waals surface area contributed by atoms with E-state index in [2.05, 4.69) is 20.0 Å². The van der Waals surface area contributed by atoms with Gasteiger partial charge in [0.25, 0.3) is 0 Å². The molecule has 0 amide bonds. The Bertz CT molecular complexity index is 2000. The summed E-state index contributed by atoms with van der Waals surface area (Å²) in [6.07, 6.45) is 6.97. The fraction of sp³-hybridized carbons (Fsp3) is 0. The fourth-order valence-electron chi connectivity index (χ4n) is 4.83. The predicted molar refractivity (Wildman–Crippen MR) is 188 cm³/mol. The molecular formula is C40H26N4O4. The van der Waals surface area contributed by atoms with Crippen LogP contribution in [0.15, 0.2) is 165 Å². The lowest BCUT2D eigenvalue weighted by Gasteiger charge is -2.01. The Balaban J connectivity index is 0.949. The van der Waals surface area contributed by atoms with Crippen molar-refractivity contribution in [3.63, 3.8) is 0 Å². The summed E-state index contributed by atoms with van der Waals surface area (Å²) in [6.45, 7) is 0. The molecule has 0 atom stereocenters. The maximum absolute atomic E-state index is 12.3. The van der Waals surface area contributed by atoms with Gasteiger partial charge >= 0.3 is 11.9 Å². The van der Waals surface area contributed by atoms with Crippen molar-refractivity contribution in [1.82, 2.24) is 0 Å². The number of benzene rings is 5. The van der Waals surface area contributed by atoms with Gasteiger partial charge < -0.3 is 9.47 Å². The van der Waals surface area contributed by atoms with Crippen LogP contribution in [0, 0.1) is 0 Å². The zero-order chi connectivity index (χ0) is 32.7. The summed E-state index contributed by atoms with van der Waals surface area (Å²) in [7, 11) is 0. The minimum absolute atomic E-state index is 0.263. The van der Waals surface area contributed by atoms with Crippen LogP contribution in [-0.2, 0) is 19.1 Å². The van der Waals surface area contributed by atoms with E-state index < -0.39 is 11.9 Å². The minimum Gasteiger partial charge on any atom is -0.402 e. The van der Waals surface area contributed by atoms with Gasteiger partial charge in [0, 0.05) is 23.6 Å². The normalized spacial score (nSPS) is 16.1. The van der Waals surface area contributed by atoms with Crippen LogP contribution in [0.25, 0.3) is 12.2 Å². The van der Waals surface area contributed by atoms with E-state index in [-0.39, 0.29) is 23.2 Å². The summed E-state index contributed by atoms with van der Waals surface area (Å²) < 4.78 is 10.8. The molecular weight excluding hydrogens is 600 g/mol. The molecule has 2 heterocycles. The minimum atomic E-state index is -0.475. The number of hydrogen-bond acceptors (Lipinski definition) is 8. The van der Waals surface area contributed by atoms with E-state index in [4.69, 9.17) is 9.47 Å². The molecule has 8 heteroatoms. The van der Waals surface area contributed by atoms with Crippen LogP contribution in [0.1, 0.15) is 33.4 Å². The number of cyclic esters (lactones) is 2. The number of ether oxygens (including phenoxy) is 2. The van der Waals surface area contributed by atoms with Gasteiger partial charge in [0.2, 0.25) is 11.8 Å². The lowest BCUT2D eigenvalue weighted by molar-refractivity contribution is -0.130. The summed E-state index contributed by atoms with van der Waals surface area (Å²) >= 11 is 0. The van der Waals surface area contributed by atoms with E-state index in [0.29, 0.717) is 11.1 Å². The van der Waals surface area contributed by atoms with Gasteiger partial charge in [0.1, 0.15) is 0 Å². The van der Waals surface area contributed by atoms with Crippen LogP contribution in [0.5, 0.6) is 0 Å². The zero-order valence-electron chi connectivity index (χ0n) is 25.4. The van der Waals surface area contributed by atoms with Crippen LogP contribution in [0.3, 0.4) is 0 Å². The van der Waals surface area contributed by atoms with Gasteiger partial charge in [-0.1, -0.05) is 84.9 Å². The van der Waals surface area contributed by atoms with Crippen LogP contribution in [0.4, 0.5) is 11.4 Å². The lowest BCUT2D eigenvalue weighted by atomic mass is 10.1. The molecule has 0 radical (unpaired) electrons. The van der Waals surface area contributed by atoms with Crippen LogP contribution in [0.2, 0.25) is 0 Å². The Morgan fingerprint density at radius 3 is 1.19 bits per heavy atom. The summed E-state index contributed by atoms with van der Waals surface area (Å²) in [4.78, 5) is 42.4. The van der Waals surface area contributed by atoms with Crippen molar-refractivity contribution in [2.45, 2.75) is 0 Å². The molecule has 2 aliphatic rings. The standard InChI is InChI=1S/C40H26N4O4/c45-39-35(23-27-7-3-1-4-8-27)43-37(47-39)31-15-19-33(20-16-31)41-25-29-11-13-30(14-12-29)26-42-34-21-17-32(18-22-34)38-44-36(40(46)48-38)24-28-9-5-2-6-10-28/h1-26H/b35-23-,36-24-,41-25?,42-26?. The second-order valence-corrected chi connectivity index (χ2v) is 10.8. The second-order valence-electron chi connectivity index (χ2n) is 10.8. The highest BCUT2D eigenvalue weighted by Crippen LogP contribution is 2.23. The van der Waals surface area contributed by atoms with Crippen molar-refractivity contribution in [1.29, 1.82) is 0 Å². The van der Waals surface area contributed by atoms with Crippen molar-refractivity contribution in [3.8, 4) is 0 Å². The molecule has 8 nitrogen and oxygen atoms in total. The number of esters is 2. The largest absolute Gasteiger partial charge is 0.402 e.